The van der Waals surface area contributed by atoms with Gasteiger partial charge in [0.05, 0.1) is 0 Å². The molecule has 0 aliphatic rings. The molecule has 0 radical (unpaired) electrons. The van der Waals surface area contributed by atoms with Gasteiger partial charge >= 0.3 is 6.61 Å². The topological polar surface area (TPSA) is 41.5 Å². The van der Waals surface area contributed by atoms with Crippen molar-refractivity contribution in [3.05, 3.63) is 29.8 Å². The molecule has 0 aliphatic carbocycles. The van der Waals surface area contributed by atoms with Gasteiger partial charge in [0.2, 0.25) is 0 Å². The summed E-state index contributed by atoms with van der Waals surface area (Å²) in [5.74, 6) is 0.193. The van der Waals surface area contributed by atoms with Crippen LogP contribution in [-0.4, -0.2) is 30.9 Å². The molecule has 3 nitrogen and oxygen atoms in total. The van der Waals surface area contributed by atoms with E-state index < -0.39 is 6.61 Å². The molecular formula is C15H23F2NO2. The molecule has 0 spiro atoms. The third-order valence-corrected chi connectivity index (χ3v) is 3.09. The average molecular weight is 287 g/mol. The molecule has 114 valence electrons. The summed E-state index contributed by atoms with van der Waals surface area (Å²) in [5.41, 5.74) is 1.11. The molecule has 1 aromatic carbocycles. The van der Waals surface area contributed by atoms with Gasteiger partial charge in [-0.25, -0.2) is 0 Å². The zero-order valence-electron chi connectivity index (χ0n) is 11.8. The highest BCUT2D eigenvalue weighted by Gasteiger charge is 2.05. The lowest BCUT2D eigenvalue weighted by Crippen LogP contribution is -2.27. The number of benzene rings is 1. The Morgan fingerprint density at radius 2 is 1.90 bits per heavy atom. The molecule has 1 atom stereocenters. The first-order valence-corrected chi connectivity index (χ1v) is 7.00. The summed E-state index contributed by atoms with van der Waals surface area (Å²) < 4.78 is 28.3. The fraction of sp³-hybridized carbons (Fsp3) is 0.600. The van der Waals surface area contributed by atoms with Crippen LogP contribution in [0, 0.1) is 0 Å². The molecule has 2 N–H and O–H groups in total. The van der Waals surface area contributed by atoms with Gasteiger partial charge in [0, 0.05) is 12.6 Å². The van der Waals surface area contributed by atoms with Crippen LogP contribution < -0.4 is 10.1 Å². The van der Waals surface area contributed by atoms with Crippen molar-refractivity contribution in [3.63, 3.8) is 0 Å². The number of unbranched alkanes of at least 4 members (excludes halogenated alkanes) is 1. The monoisotopic (exact) mass is 287 g/mol. The largest absolute Gasteiger partial charge is 0.435 e. The SMILES string of the molecule is CC(CCc1ccc(OC(F)F)cc1)NCCCCO. The zero-order chi connectivity index (χ0) is 14.8. The highest BCUT2D eigenvalue weighted by molar-refractivity contribution is 5.27. The molecule has 0 saturated carbocycles. The number of hydrogen-bond donors (Lipinski definition) is 2. The fourth-order valence-electron chi connectivity index (χ4n) is 1.91. The second kappa shape index (κ2) is 9.66. The third kappa shape index (κ3) is 7.40. The summed E-state index contributed by atoms with van der Waals surface area (Å²) in [4.78, 5) is 0. The molecule has 0 aromatic heterocycles. The molecule has 0 bridgehead atoms. The van der Waals surface area contributed by atoms with E-state index >= 15 is 0 Å². The molecule has 5 heteroatoms. The van der Waals surface area contributed by atoms with E-state index in [1.807, 2.05) is 12.1 Å². The van der Waals surface area contributed by atoms with E-state index in [-0.39, 0.29) is 12.4 Å². The van der Waals surface area contributed by atoms with Crippen LogP contribution in [0.25, 0.3) is 0 Å². The molecule has 0 fully saturated rings. The Bertz CT molecular complexity index is 357. The van der Waals surface area contributed by atoms with Gasteiger partial charge in [-0.15, -0.1) is 0 Å². The van der Waals surface area contributed by atoms with Crippen molar-refractivity contribution in [2.24, 2.45) is 0 Å². The predicted molar refractivity (Wildman–Crippen MR) is 75.2 cm³/mol. The number of ether oxygens (including phenoxy) is 1. The standard InChI is InChI=1S/C15H23F2NO2/c1-12(18-10-2-3-11-19)4-5-13-6-8-14(9-7-13)20-15(16)17/h6-9,12,15,18-19H,2-5,10-11H2,1H3. The Labute approximate surface area is 119 Å². The Morgan fingerprint density at radius 1 is 1.20 bits per heavy atom. The lowest BCUT2D eigenvalue weighted by Gasteiger charge is -2.13. The van der Waals surface area contributed by atoms with Crippen LogP contribution in [0.3, 0.4) is 0 Å². The summed E-state index contributed by atoms with van der Waals surface area (Å²) in [6.07, 6.45) is 3.67. The van der Waals surface area contributed by atoms with E-state index in [1.165, 1.54) is 0 Å². The summed E-state index contributed by atoms with van der Waals surface area (Å²) in [5, 5.41) is 12.1. The number of hydrogen-bond acceptors (Lipinski definition) is 3. The summed E-state index contributed by atoms with van der Waals surface area (Å²) in [7, 11) is 0. The number of aliphatic hydroxyl groups excluding tert-OH is 1. The minimum atomic E-state index is -2.77. The second-order valence-corrected chi connectivity index (χ2v) is 4.85. The Kier molecular flexibility index (Phi) is 8.14. The summed E-state index contributed by atoms with van der Waals surface area (Å²) in [6.45, 7) is 0.489. The van der Waals surface area contributed by atoms with E-state index in [0.29, 0.717) is 6.04 Å². The first-order valence-electron chi connectivity index (χ1n) is 7.00. The Morgan fingerprint density at radius 3 is 2.50 bits per heavy atom. The first kappa shape index (κ1) is 16.9. The zero-order valence-corrected chi connectivity index (χ0v) is 11.8. The smallest absolute Gasteiger partial charge is 0.387 e. The van der Waals surface area contributed by atoms with Gasteiger partial charge in [-0.1, -0.05) is 12.1 Å². The van der Waals surface area contributed by atoms with Crippen molar-refractivity contribution in [1.82, 2.24) is 5.32 Å². The fourth-order valence-corrected chi connectivity index (χ4v) is 1.91. The van der Waals surface area contributed by atoms with Crippen LogP contribution in [0.15, 0.2) is 24.3 Å². The number of alkyl halides is 2. The number of rotatable bonds is 10. The normalized spacial score (nSPS) is 12.7. The van der Waals surface area contributed by atoms with Crippen LogP contribution in [0.5, 0.6) is 5.75 Å². The lowest BCUT2D eigenvalue weighted by molar-refractivity contribution is -0.0498. The van der Waals surface area contributed by atoms with Gasteiger partial charge in [0.15, 0.2) is 0 Å². The highest BCUT2D eigenvalue weighted by Crippen LogP contribution is 2.16. The quantitative estimate of drug-likeness (QED) is 0.650. The Balaban J connectivity index is 2.23. The molecule has 1 aromatic rings. The second-order valence-electron chi connectivity index (χ2n) is 4.85. The van der Waals surface area contributed by atoms with E-state index in [9.17, 15) is 8.78 Å². The van der Waals surface area contributed by atoms with Crippen molar-refractivity contribution >= 4 is 0 Å². The van der Waals surface area contributed by atoms with Gasteiger partial charge in [-0.3, -0.25) is 0 Å². The maximum absolute atomic E-state index is 12.0. The molecule has 0 aliphatic heterocycles. The summed E-state index contributed by atoms with van der Waals surface area (Å²) in [6, 6.07) is 7.17. The van der Waals surface area contributed by atoms with Crippen LogP contribution in [0.1, 0.15) is 31.7 Å². The lowest BCUT2D eigenvalue weighted by atomic mass is 10.1. The average Bonchev–Trinajstić information content (AvgIpc) is 2.42. The highest BCUT2D eigenvalue weighted by atomic mass is 19.3. The van der Waals surface area contributed by atoms with Crippen molar-refractivity contribution < 1.29 is 18.6 Å². The molecule has 0 saturated heterocycles. The Hall–Kier alpha value is -1.20. The van der Waals surface area contributed by atoms with Crippen molar-refractivity contribution in [3.8, 4) is 5.75 Å². The van der Waals surface area contributed by atoms with Gasteiger partial charge in [0.25, 0.3) is 0 Å². The molecule has 1 rings (SSSR count). The van der Waals surface area contributed by atoms with Gasteiger partial charge < -0.3 is 15.2 Å². The minimum Gasteiger partial charge on any atom is -0.435 e. The maximum atomic E-state index is 12.0. The van der Waals surface area contributed by atoms with E-state index in [4.69, 9.17) is 5.11 Å². The van der Waals surface area contributed by atoms with Crippen molar-refractivity contribution in [1.29, 1.82) is 0 Å². The van der Waals surface area contributed by atoms with Crippen LogP contribution >= 0.6 is 0 Å². The number of halogens is 2. The first-order chi connectivity index (χ1) is 9.61. The van der Waals surface area contributed by atoms with Crippen molar-refractivity contribution in [2.75, 3.05) is 13.2 Å². The summed E-state index contributed by atoms with van der Waals surface area (Å²) >= 11 is 0. The van der Waals surface area contributed by atoms with Crippen molar-refractivity contribution in [2.45, 2.75) is 45.3 Å². The molecule has 0 heterocycles. The maximum Gasteiger partial charge on any atom is 0.387 e. The third-order valence-electron chi connectivity index (χ3n) is 3.09. The van der Waals surface area contributed by atoms with Crippen LogP contribution in [-0.2, 0) is 6.42 Å². The van der Waals surface area contributed by atoms with E-state index in [1.54, 1.807) is 12.1 Å². The predicted octanol–water partition coefficient (Wildman–Crippen LogP) is 2.97. The number of nitrogens with one attached hydrogen (secondary N) is 1. The van der Waals surface area contributed by atoms with Gasteiger partial charge in [0.1, 0.15) is 5.75 Å². The van der Waals surface area contributed by atoms with Gasteiger partial charge in [-0.05, 0) is 56.8 Å². The number of aryl methyl sites for hydroxylation is 1. The molecular weight excluding hydrogens is 264 g/mol. The van der Waals surface area contributed by atoms with Crippen LogP contribution in [0.4, 0.5) is 8.78 Å². The number of aliphatic hydroxyl groups is 1. The van der Waals surface area contributed by atoms with E-state index in [0.717, 1.165) is 37.8 Å². The molecule has 1 unspecified atom stereocenters. The molecule has 20 heavy (non-hydrogen) atoms. The van der Waals surface area contributed by atoms with Crippen LogP contribution in [0.2, 0.25) is 0 Å². The molecule has 0 amide bonds. The van der Waals surface area contributed by atoms with Gasteiger partial charge in [-0.2, -0.15) is 8.78 Å². The minimum absolute atomic E-state index is 0.193. The van der Waals surface area contributed by atoms with E-state index in [2.05, 4.69) is 17.0 Å².